The van der Waals surface area contributed by atoms with Crippen molar-refractivity contribution >= 4 is 0 Å². The van der Waals surface area contributed by atoms with Crippen LogP contribution in [0.1, 0.15) is 44.3 Å². The van der Waals surface area contributed by atoms with Crippen LogP contribution in [0.2, 0.25) is 0 Å². The maximum absolute atomic E-state index is 5.67. The zero-order valence-electron chi connectivity index (χ0n) is 10.4. The molecule has 3 heteroatoms. The molecule has 1 aromatic rings. The lowest BCUT2D eigenvalue weighted by Gasteiger charge is -2.22. The first kappa shape index (κ1) is 12.7. The Morgan fingerprint density at radius 3 is 3.00 bits per heavy atom. The Hall–Kier alpha value is -0.800. The van der Waals surface area contributed by atoms with E-state index >= 15 is 0 Å². The van der Waals surface area contributed by atoms with Crippen LogP contribution in [0.15, 0.2) is 22.8 Å². The van der Waals surface area contributed by atoms with Crippen molar-refractivity contribution in [2.45, 2.75) is 51.2 Å². The molecule has 2 heterocycles. The van der Waals surface area contributed by atoms with Crippen LogP contribution in [-0.4, -0.2) is 19.5 Å². The predicted molar refractivity (Wildman–Crippen MR) is 65.8 cm³/mol. The SMILES string of the molecule is c1coc(CCCCCOC2CCCCO2)c1. The first-order valence-corrected chi connectivity index (χ1v) is 6.71. The van der Waals surface area contributed by atoms with Gasteiger partial charge in [-0.3, -0.25) is 0 Å². The molecule has 0 aromatic carbocycles. The standard InChI is InChI=1S/C14H22O3/c1(2-7-13-8-6-12-15-13)4-10-16-14-9-3-5-11-17-14/h6,8,12,14H,1-5,7,9-11H2. The molecule has 1 fully saturated rings. The summed E-state index contributed by atoms with van der Waals surface area (Å²) < 4.78 is 16.5. The van der Waals surface area contributed by atoms with Crippen LogP contribution in [0, 0.1) is 0 Å². The van der Waals surface area contributed by atoms with Crippen molar-refractivity contribution in [3.05, 3.63) is 24.2 Å². The fourth-order valence-corrected chi connectivity index (χ4v) is 2.09. The highest BCUT2D eigenvalue weighted by Crippen LogP contribution is 2.14. The van der Waals surface area contributed by atoms with E-state index in [2.05, 4.69) is 0 Å². The van der Waals surface area contributed by atoms with Crippen molar-refractivity contribution in [1.82, 2.24) is 0 Å². The second-order valence-corrected chi connectivity index (χ2v) is 4.56. The maximum atomic E-state index is 5.67. The first-order valence-electron chi connectivity index (χ1n) is 6.71. The number of hydrogen-bond acceptors (Lipinski definition) is 3. The van der Waals surface area contributed by atoms with Crippen LogP contribution >= 0.6 is 0 Å². The number of aryl methyl sites for hydroxylation is 1. The summed E-state index contributed by atoms with van der Waals surface area (Å²) in [5, 5.41) is 0. The van der Waals surface area contributed by atoms with Crippen LogP contribution in [0.3, 0.4) is 0 Å². The van der Waals surface area contributed by atoms with Gasteiger partial charge in [0.15, 0.2) is 6.29 Å². The van der Waals surface area contributed by atoms with E-state index in [1.54, 1.807) is 6.26 Å². The van der Waals surface area contributed by atoms with Crippen molar-refractivity contribution in [2.24, 2.45) is 0 Å². The number of unbranched alkanes of at least 4 members (excludes halogenated alkanes) is 2. The molecule has 1 atom stereocenters. The second-order valence-electron chi connectivity index (χ2n) is 4.56. The van der Waals surface area contributed by atoms with E-state index in [0.717, 1.165) is 38.2 Å². The van der Waals surface area contributed by atoms with Crippen LogP contribution < -0.4 is 0 Å². The van der Waals surface area contributed by atoms with Gasteiger partial charge in [-0.1, -0.05) is 6.42 Å². The molecule has 0 aliphatic carbocycles. The Morgan fingerprint density at radius 1 is 1.24 bits per heavy atom. The zero-order valence-corrected chi connectivity index (χ0v) is 10.4. The predicted octanol–water partition coefficient (Wildman–Crippen LogP) is 3.54. The topological polar surface area (TPSA) is 31.6 Å². The zero-order chi connectivity index (χ0) is 11.8. The summed E-state index contributed by atoms with van der Waals surface area (Å²) in [7, 11) is 0. The average Bonchev–Trinajstić information content (AvgIpc) is 2.88. The highest BCUT2D eigenvalue weighted by atomic mass is 16.7. The molecule has 17 heavy (non-hydrogen) atoms. The molecule has 0 amide bonds. The summed E-state index contributed by atoms with van der Waals surface area (Å²) in [6.07, 6.45) is 9.79. The largest absolute Gasteiger partial charge is 0.469 e. The van der Waals surface area contributed by atoms with E-state index in [1.807, 2.05) is 12.1 Å². The fraction of sp³-hybridized carbons (Fsp3) is 0.714. The Kier molecular flexibility index (Phi) is 5.59. The van der Waals surface area contributed by atoms with Gasteiger partial charge < -0.3 is 13.9 Å². The monoisotopic (exact) mass is 238 g/mol. The summed E-state index contributed by atoms with van der Waals surface area (Å²) in [5.74, 6) is 1.08. The van der Waals surface area contributed by atoms with E-state index in [0.29, 0.717) is 0 Å². The third kappa shape index (κ3) is 4.92. The van der Waals surface area contributed by atoms with Crippen LogP contribution in [0.5, 0.6) is 0 Å². The Labute approximate surface area is 103 Å². The van der Waals surface area contributed by atoms with Crippen LogP contribution in [0.25, 0.3) is 0 Å². The number of furan rings is 1. The second kappa shape index (κ2) is 7.51. The lowest BCUT2D eigenvalue weighted by Crippen LogP contribution is -2.22. The van der Waals surface area contributed by atoms with E-state index in [4.69, 9.17) is 13.9 Å². The molecule has 96 valence electrons. The molecule has 1 saturated heterocycles. The lowest BCUT2D eigenvalue weighted by molar-refractivity contribution is -0.162. The molecule has 2 rings (SSSR count). The molecule has 1 aromatic heterocycles. The summed E-state index contributed by atoms with van der Waals surface area (Å²) in [6.45, 7) is 1.69. The number of rotatable bonds is 7. The molecule has 0 saturated carbocycles. The summed E-state index contributed by atoms with van der Waals surface area (Å²) in [6, 6.07) is 3.98. The maximum Gasteiger partial charge on any atom is 0.157 e. The molecular weight excluding hydrogens is 216 g/mol. The quantitative estimate of drug-likeness (QED) is 0.681. The lowest BCUT2D eigenvalue weighted by atomic mass is 10.1. The van der Waals surface area contributed by atoms with Crippen molar-refractivity contribution in [3.63, 3.8) is 0 Å². The number of ether oxygens (including phenoxy) is 2. The molecule has 0 radical (unpaired) electrons. The van der Waals surface area contributed by atoms with Gasteiger partial charge in [0, 0.05) is 19.6 Å². The van der Waals surface area contributed by atoms with Gasteiger partial charge in [0.05, 0.1) is 6.26 Å². The Morgan fingerprint density at radius 2 is 2.24 bits per heavy atom. The molecule has 1 unspecified atom stereocenters. The summed E-state index contributed by atoms with van der Waals surface area (Å²) in [5.41, 5.74) is 0. The Balaban J connectivity index is 1.43. The molecule has 3 nitrogen and oxygen atoms in total. The molecule has 0 N–H and O–H groups in total. The highest BCUT2D eigenvalue weighted by molar-refractivity contribution is 4.97. The van der Waals surface area contributed by atoms with Crippen molar-refractivity contribution in [3.8, 4) is 0 Å². The average molecular weight is 238 g/mol. The van der Waals surface area contributed by atoms with Gasteiger partial charge in [-0.2, -0.15) is 0 Å². The smallest absolute Gasteiger partial charge is 0.157 e. The van der Waals surface area contributed by atoms with Gasteiger partial charge in [-0.25, -0.2) is 0 Å². The van der Waals surface area contributed by atoms with Gasteiger partial charge in [-0.15, -0.1) is 0 Å². The molecule has 0 spiro atoms. The van der Waals surface area contributed by atoms with Gasteiger partial charge in [0.25, 0.3) is 0 Å². The van der Waals surface area contributed by atoms with E-state index in [-0.39, 0.29) is 6.29 Å². The molecular formula is C14H22O3. The fourth-order valence-electron chi connectivity index (χ4n) is 2.09. The summed E-state index contributed by atoms with van der Waals surface area (Å²) >= 11 is 0. The van der Waals surface area contributed by atoms with Crippen LogP contribution in [-0.2, 0) is 15.9 Å². The minimum absolute atomic E-state index is 0.0637. The summed E-state index contributed by atoms with van der Waals surface area (Å²) in [4.78, 5) is 0. The normalized spacial score (nSPS) is 20.6. The third-order valence-corrected chi connectivity index (χ3v) is 3.09. The van der Waals surface area contributed by atoms with Gasteiger partial charge >= 0.3 is 0 Å². The van der Waals surface area contributed by atoms with Crippen molar-refractivity contribution < 1.29 is 13.9 Å². The van der Waals surface area contributed by atoms with Gasteiger partial charge in [0.1, 0.15) is 5.76 Å². The number of hydrogen-bond donors (Lipinski definition) is 0. The van der Waals surface area contributed by atoms with Gasteiger partial charge in [-0.05, 0) is 44.2 Å². The van der Waals surface area contributed by atoms with Gasteiger partial charge in [0.2, 0.25) is 0 Å². The van der Waals surface area contributed by atoms with Crippen LogP contribution in [0.4, 0.5) is 0 Å². The Bertz CT molecular complexity index is 276. The minimum Gasteiger partial charge on any atom is -0.469 e. The van der Waals surface area contributed by atoms with E-state index in [1.165, 1.54) is 25.7 Å². The van der Waals surface area contributed by atoms with Crippen molar-refractivity contribution in [2.75, 3.05) is 13.2 Å². The molecule has 1 aliphatic heterocycles. The van der Waals surface area contributed by atoms with E-state index in [9.17, 15) is 0 Å². The first-order chi connectivity index (χ1) is 8.45. The highest BCUT2D eigenvalue weighted by Gasteiger charge is 2.13. The minimum atomic E-state index is 0.0637. The third-order valence-electron chi connectivity index (χ3n) is 3.09. The van der Waals surface area contributed by atoms with E-state index < -0.39 is 0 Å². The molecule has 0 bridgehead atoms. The molecule has 1 aliphatic rings. The van der Waals surface area contributed by atoms with Crippen molar-refractivity contribution in [1.29, 1.82) is 0 Å².